The van der Waals surface area contributed by atoms with Crippen LogP contribution in [0.4, 0.5) is 0 Å². The Hall–Kier alpha value is -4.70. The number of rotatable bonds is 1. The zero-order valence-corrected chi connectivity index (χ0v) is 26.0. The van der Waals surface area contributed by atoms with Crippen molar-refractivity contribution in [3.05, 3.63) is 155 Å². The number of ketones is 1. The van der Waals surface area contributed by atoms with Crippen LogP contribution in [0.3, 0.4) is 0 Å². The van der Waals surface area contributed by atoms with E-state index in [1.807, 2.05) is 30.3 Å². The Bertz CT molecular complexity index is 1930. The minimum absolute atomic E-state index is 0. The first-order valence-corrected chi connectivity index (χ1v) is 14.0. The van der Waals surface area contributed by atoms with E-state index in [4.69, 9.17) is 15.1 Å². The molecule has 8 rings (SSSR count). The Morgan fingerprint density at radius 1 is 0.651 bits per heavy atom. The second-order valence-corrected chi connectivity index (χ2v) is 10.7. The van der Waals surface area contributed by atoms with Gasteiger partial charge in [-0.15, -0.1) is 35.4 Å². The van der Waals surface area contributed by atoms with Gasteiger partial charge in [-0.25, -0.2) is 0 Å². The summed E-state index contributed by atoms with van der Waals surface area (Å²) in [4.78, 5) is 20.4. The molecule has 0 atom stereocenters. The predicted molar refractivity (Wildman–Crippen MR) is 167 cm³/mol. The Balaban J connectivity index is 0.000000371. The van der Waals surface area contributed by atoms with E-state index in [0.717, 1.165) is 33.5 Å². The number of nitrogens with zero attached hydrogens (tertiary/aromatic N) is 2. The van der Waals surface area contributed by atoms with Crippen LogP contribution in [0.25, 0.3) is 44.7 Å². The number of allylic oxidation sites excluding steroid dienone is 2. The van der Waals surface area contributed by atoms with Gasteiger partial charge in [-0.3, -0.25) is 14.8 Å². The molecule has 1 aromatic heterocycles. The summed E-state index contributed by atoms with van der Waals surface area (Å²) in [6.45, 7) is 2.85. The summed E-state index contributed by atoms with van der Waals surface area (Å²) in [6.07, 6.45) is 1.17. The van der Waals surface area contributed by atoms with Gasteiger partial charge in [0.25, 0.3) is 0 Å². The molecule has 0 saturated carbocycles. The van der Waals surface area contributed by atoms with Gasteiger partial charge in [-0.2, -0.15) is 0 Å². The molecule has 0 saturated heterocycles. The number of carbonyl (C=O) groups excluding carboxylic acids is 1. The molecular formula is C38H27IrN2O2-. The smallest absolute Gasteiger partial charge is 0.155 e. The second kappa shape index (κ2) is 11.2. The van der Waals surface area contributed by atoms with Crippen molar-refractivity contribution in [2.24, 2.45) is 0 Å². The van der Waals surface area contributed by atoms with E-state index in [-0.39, 0.29) is 31.6 Å². The van der Waals surface area contributed by atoms with Crippen molar-refractivity contribution in [3.8, 4) is 33.6 Å². The third-order valence-electron chi connectivity index (χ3n) is 8.02. The molecule has 1 heterocycles. The van der Waals surface area contributed by atoms with E-state index in [9.17, 15) is 4.79 Å². The molecule has 6 aromatic rings. The predicted octanol–water partition coefficient (Wildman–Crippen LogP) is 8.48. The van der Waals surface area contributed by atoms with Gasteiger partial charge in [0.1, 0.15) is 0 Å². The van der Waals surface area contributed by atoms with Crippen LogP contribution >= 0.6 is 0 Å². The fourth-order valence-electron chi connectivity index (χ4n) is 6.58. The molecule has 1 radical (unpaired) electrons. The van der Waals surface area contributed by atoms with Crippen molar-refractivity contribution in [1.29, 1.82) is 0 Å². The zero-order chi connectivity index (χ0) is 28.8. The normalized spacial score (nSPS) is 13.2. The van der Waals surface area contributed by atoms with E-state index in [1.54, 1.807) is 0 Å². The molecule has 2 aliphatic carbocycles. The number of para-hydroxylation sites is 2. The minimum Gasteiger partial charge on any atom is -0.512 e. The number of aliphatic hydroxyl groups excluding tert-OH is 1. The Kier molecular flexibility index (Phi) is 7.39. The Labute approximate surface area is 264 Å². The Morgan fingerprint density at radius 3 is 1.65 bits per heavy atom. The summed E-state index contributed by atoms with van der Waals surface area (Å²) >= 11 is 0. The molecule has 1 spiro atoms. The number of aromatic nitrogens is 2. The van der Waals surface area contributed by atoms with Gasteiger partial charge in [0.05, 0.1) is 22.5 Å². The molecule has 0 fully saturated rings. The van der Waals surface area contributed by atoms with Gasteiger partial charge in [0, 0.05) is 37.3 Å². The van der Waals surface area contributed by atoms with Crippen molar-refractivity contribution in [3.63, 3.8) is 0 Å². The third kappa shape index (κ3) is 4.44. The first-order valence-electron chi connectivity index (χ1n) is 14.0. The van der Waals surface area contributed by atoms with Crippen LogP contribution < -0.4 is 0 Å². The first kappa shape index (κ1) is 28.4. The van der Waals surface area contributed by atoms with E-state index in [0.29, 0.717) is 0 Å². The maximum Gasteiger partial charge on any atom is 0.155 e. The monoisotopic (exact) mass is 736 g/mol. The molecule has 5 aromatic carbocycles. The molecule has 0 unspecified atom stereocenters. The van der Waals surface area contributed by atoms with Crippen LogP contribution in [0, 0.1) is 6.07 Å². The molecule has 0 bridgehead atoms. The SMILES string of the molecule is CC(=O)C=C(C)O.[Ir].[c-]1cccc2c1-c1nc3ccccc3nc1-c1ccccc1C21c2ccccc2-c2ccccc21. The maximum absolute atomic E-state index is 10.0. The van der Waals surface area contributed by atoms with Crippen molar-refractivity contribution in [2.45, 2.75) is 19.3 Å². The first-order chi connectivity index (χ1) is 20.5. The zero-order valence-electron chi connectivity index (χ0n) is 23.6. The van der Waals surface area contributed by atoms with E-state index < -0.39 is 5.41 Å². The molecule has 5 heteroatoms. The van der Waals surface area contributed by atoms with Crippen LogP contribution in [0.2, 0.25) is 0 Å². The number of aliphatic hydroxyl groups is 1. The average Bonchev–Trinajstić information content (AvgIpc) is 3.25. The van der Waals surface area contributed by atoms with Crippen LogP contribution in [0.5, 0.6) is 0 Å². The second-order valence-electron chi connectivity index (χ2n) is 10.7. The van der Waals surface area contributed by atoms with Crippen LogP contribution in [-0.4, -0.2) is 20.9 Å². The van der Waals surface area contributed by atoms with Crippen LogP contribution in [0.1, 0.15) is 36.1 Å². The van der Waals surface area contributed by atoms with Crippen LogP contribution in [0.15, 0.2) is 127 Å². The van der Waals surface area contributed by atoms with Gasteiger partial charge >= 0.3 is 0 Å². The molecule has 0 amide bonds. The molecule has 0 aliphatic heterocycles. The van der Waals surface area contributed by atoms with E-state index in [2.05, 4.69) is 91.0 Å². The van der Waals surface area contributed by atoms with Crippen molar-refractivity contribution in [1.82, 2.24) is 9.97 Å². The molecule has 43 heavy (non-hydrogen) atoms. The fourth-order valence-corrected chi connectivity index (χ4v) is 6.58. The summed E-state index contributed by atoms with van der Waals surface area (Å²) in [5.74, 6) is -0.0625. The minimum atomic E-state index is -0.481. The topological polar surface area (TPSA) is 63.1 Å². The van der Waals surface area contributed by atoms with Gasteiger partial charge in [-0.1, -0.05) is 84.9 Å². The van der Waals surface area contributed by atoms with Gasteiger partial charge in [0.2, 0.25) is 0 Å². The summed E-state index contributed by atoms with van der Waals surface area (Å²) < 4.78 is 0. The molecular weight excluding hydrogens is 709 g/mol. The summed E-state index contributed by atoms with van der Waals surface area (Å²) in [7, 11) is 0. The fraction of sp³-hybridized carbons (Fsp3) is 0.0789. The quantitative estimate of drug-likeness (QED) is 0.104. The van der Waals surface area contributed by atoms with Gasteiger partial charge < -0.3 is 5.11 Å². The number of hydrogen-bond acceptors (Lipinski definition) is 4. The Morgan fingerprint density at radius 2 is 1.12 bits per heavy atom. The average molecular weight is 736 g/mol. The van der Waals surface area contributed by atoms with Crippen molar-refractivity contribution in [2.75, 3.05) is 0 Å². The van der Waals surface area contributed by atoms with E-state index >= 15 is 0 Å². The summed E-state index contributed by atoms with van der Waals surface area (Å²) in [6, 6.07) is 44.5. The van der Waals surface area contributed by atoms with Crippen molar-refractivity contribution < 1.29 is 30.0 Å². The number of hydrogen-bond donors (Lipinski definition) is 1. The van der Waals surface area contributed by atoms with Gasteiger partial charge in [0.15, 0.2) is 5.78 Å². The van der Waals surface area contributed by atoms with Crippen LogP contribution in [-0.2, 0) is 30.3 Å². The summed E-state index contributed by atoms with van der Waals surface area (Å²) in [5, 5.41) is 8.36. The number of benzene rings is 5. The largest absolute Gasteiger partial charge is 0.512 e. The molecule has 1 N–H and O–H groups in total. The van der Waals surface area contributed by atoms with E-state index in [1.165, 1.54) is 53.3 Å². The van der Waals surface area contributed by atoms with Gasteiger partial charge in [-0.05, 0) is 59.4 Å². The molecule has 4 nitrogen and oxygen atoms in total. The third-order valence-corrected chi connectivity index (χ3v) is 8.02. The molecule has 211 valence electrons. The number of carbonyl (C=O) groups is 1. The number of fused-ring (bicyclic) bond motifs is 13. The maximum atomic E-state index is 10.0. The van der Waals surface area contributed by atoms with Crippen molar-refractivity contribution >= 4 is 16.8 Å². The molecule has 2 aliphatic rings. The summed E-state index contributed by atoms with van der Waals surface area (Å²) in [5.41, 5.74) is 12.9. The standard InChI is InChI=1S/C33H19N2.C5H8O2.Ir/c1-5-15-25-21(11-1)22-12-2-6-16-26(22)33(25)27-17-7-3-13-23(27)31-32(24-14-4-8-18-28(24)33)35-30-20-10-9-19-29(30)34-31;1-4(6)3-5(2)7;/h1-13,15-20H;3,6H,1-2H3;/q-1;;.